The molecule has 0 saturated heterocycles. The Hall–Kier alpha value is -2.94. The minimum absolute atomic E-state index is 0.0671. The average Bonchev–Trinajstić information content (AvgIpc) is 3.07. The maximum Gasteiger partial charge on any atom is 0.261 e. The van der Waals surface area contributed by atoms with Crippen LogP contribution in [-0.2, 0) is 14.8 Å². The standard InChI is InChI=1S/C16H16N2O6S/c1-17-16(19)9-22-12-3-5-13(6-4-12)25(20,21)18-11-2-7-14-15(8-11)24-10-23-14/h2-8,18H,9-10H2,1H3,(H,17,19). The van der Waals surface area contributed by atoms with E-state index in [0.29, 0.717) is 22.9 Å². The molecule has 25 heavy (non-hydrogen) atoms. The van der Waals surface area contributed by atoms with Crippen molar-refractivity contribution in [3.8, 4) is 17.2 Å². The number of carbonyl (C=O) groups excluding carboxylic acids is 1. The molecule has 3 rings (SSSR count). The fourth-order valence-electron chi connectivity index (χ4n) is 2.11. The van der Waals surface area contributed by atoms with Crippen molar-refractivity contribution in [3.05, 3.63) is 42.5 Å². The van der Waals surface area contributed by atoms with Crippen LogP contribution in [0.2, 0.25) is 0 Å². The first-order valence-electron chi connectivity index (χ1n) is 7.34. The van der Waals surface area contributed by atoms with Crippen molar-refractivity contribution in [1.29, 1.82) is 0 Å². The van der Waals surface area contributed by atoms with Gasteiger partial charge in [-0.05, 0) is 36.4 Å². The van der Waals surface area contributed by atoms with Crippen molar-refractivity contribution < 1.29 is 27.4 Å². The Kier molecular flexibility index (Phi) is 4.66. The molecule has 0 unspecified atom stereocenters. The SMILES string of the molecule is CNC(=O)COc1ccc(S(=O)(=O)Nc2ccc3c(c2)OCO3)cc1. The van der Waals surface area contributed by atoms with Gasteiger partial charge in [0.05, 0.1) is 10.6 Å². The summed E-state index contributed by atoms with van der Waals surface area (Å²) in [4.78, 5) is 11.2. The zero-order valence-corrected chi connectivity index (χ0v) is 14.1. The number of rotatable bonds is 6. The highest BCUT2D eigenvalue weighted by Crippen LogP contribution is 2.34. The molecular weight excluding hydrogens is 348 g/mol. The lowest BCUT2D eigenvalue weighted by atomic mass is 10.3. The summed E-state index contributed by atoms with van der Waals surface area (Å²) in [6, 6.07) is 10.5. The molecule has 0 radical (unpaired) electrons. The van der Waals surface area contributed by atoms with Crippen LogP contribution >= 0.6 is 0 Å². The summed E-state index contributed by atoms with van der Waals surface area (Å²) in [5, 5.41) is 2.43. The Labute approximate surface area is 144 Å². The van der Waals surface area contributed by atoms with Crippen molar-refractivity contribution in [3.63, 3.8) is 0 Å². The molecule has 0 saturated carbocycles. The molecule has 2 aromatic carbocycles. The number of nitrogens with one attached hydrogen (secondary N) is 2. The van der Waals surface area contributed by atoms with Gasteiger partial charge in [-0.1, -0.05) is 0 Å². The summed E-state index contributed by atoms with van der Waals surface area (Å²) in [7, 11) is -2.26. The molecule has 2 N–H and O–H groups in total. The van der Waals surface area contributed by atoms with Gasteiger partial charge in [0, 0.05) is 13.1 Å². The van der Waals surface area contributed by atoms with Crippen LogP contribution in [0.3, 0.4) is 0 Å². The quantitative estimate of drug-likeness (QED) is 0.802. The minimum atomic E-state index is -3.76. The third-order valence-electron chi connectivity index (χ3n) is 3.41. The van der Waals surface area contributed by atoms with E-state index in [-0.39, 0.29) is 24.2 Å². The summed E-state index contributed by atoms with van der Waals surface area (Å²) in [5.41, 5.74) is 0.365. The number of sulfonamides is 1. The van der Waals surface area contributed by atoms with Crippen LogP contribution < -0.4 is 24.2 Å². The summed E-state index contributed by atoms with van der Waals surface area (Å²) in [6.45, 7) is -0.0267. The van der Waals surface area contributed by atoms with Crippen LogP contribution in [0.5, 0.6) is 17.2 Å². The predicted molar refractivity (Wildman–Crippen MR) is 89.4 cm³/mol. The second-order valence-electron chi connectivity index (χ2n) is 5.11. The molecule has 9 heteroatoms. The van der Waals surface area contributed by atoms with Crippen molar-refractivity contribution in [2.24, 2.45) is 0 Å². The topological polar surface area (TPSA) is 103 Å². The van der Waals surface area contributed by atoms with Gasteiger partial charge < -0.3 is 19.5 Å². The number of ether oxygens (including phenoxy) is 3. The summed E-state index contributed by atoms with van der Waals surface area (Å²) in [5.74, 6) is 1.17. The zero-order chi connectivity index (χ0) is 17.9. The normalized spacial score (nSPS) is 12.5. The number of amides is 1. The van der Waals surface area contributed by atoms with Crippen LogP contribution in [-0.4, -0.2) is 34.8 Å². The lowest BCUT2D eigenvalue weighted by Gasteiger charge is -2.10. The van der Waals surface area contributed by atoms with E-state index < -0.39 is 10.0 Å². The van der Waals surface area contributed by atoms with Crippen LogP contribution in [0.1, 0.15) is 0 Å². The molecule has 8 nitrogen and oxygen atoms in total. The molecule has 2 aromatic rings. The Bertz CT molecular complexity index is 880. The Balaban J connectivity index is 1.70. The second kappa shape index (κ2) is 6.89. The van der Waals surface area contributed by atoms with Crippen molar-refractivity contribution in [2.45, 2.75) is 4.90 Å². The minimum Gasteiger partial charge on any atom is -0.484 e. The number of carbonyl (C=O) groups is 1. The van der Waals surface area contributed by atoms with Crippen LogP contribution in [0.4, 0.5) is 5.69 Å². The van der Waals surface area contributed by atoms with E-state index in [2.05, 4.69) is 10.0 Å². The second-order valence-corrected chi connectivity index (χ2v) is 6.79. The molecule has 1 amide bonds. The molecule has 0 atom stereocenters. The van der Waals surface area contributed by atoms with Gasteiger partial charge in [0.2, 0.25) is 6.79 Å². The van der Waals surface area contributed by atoms with E-state index in [9.17, 15) is 13.2 Å². The molecule has 1 heterocycles. The summed E-state index contributed by atoms with van der Waals surface area (Å²) < 4.78 is 43.0. The Morgan fingerprint density at radius 1 is 1.12 bits per heavy atom. The Morgan fingerprint density at radius 2 is 1.84 bits per heavy atom. The Morgan fingerprint density at radius 3 is 2.56 bits per heavy atom. The largest absolute Gasteiger partial charge is 0.484 e. The fourth-order valence-corrected chi connectivity index (χ4v) is 3.16. The van der Waals surface area contributed by atoms with Gasteiger partial charge in [-0.15, -0.1) is 0 Å². The molecule has 0 spiro atoms. The first-order valence-corrected chi connectivity index (χ1v) is 8.82. The molecule has 0 bridgehead atoms. The van der Waals surface area contributed by atoms with Gasteiger partial charge in [-0.3, -0.25) is 9.52 Å². The van der Waals surface area contributed by atoms with Gasteiger partial charge >= 0.3 is 0 Å². The first kappa shape index (κ1) is 16.9. The molecule has 0 fully saturated rings. The van der Waals surface area contributed by atoms with E-state index >= 15 is 0 Å². The van der Waals surface area contributed by atoms with Crippen molar-refractivity contribution in [2.75, 3.05) is 25.2 Å². The predicted octanol–water partition coefficient (Wildman–Crippen LogP) is 1.34. The van der Waals surface area contributed by atoms with Gasteiger partial charge in [0.1, 0.15) is 5.75 Å². The van der Waals surface area contributed by atoms with E-state index in [1.807, 2.05) is 0 Å². The number of likely N-dealkylation sites (N-methyl/N-ethyl adjacent to an activating group) is 1. The highest BCUT2D eigenvalue weighted by molar-refractivity contribution is 7.92. The zero-order valence-electron chi connectivity index (χ0n) is 13.3. The summed E-state index contributed by atoms with van der Waals surface area (Å²) in [6.07, 6.45) is 0. The van der Waals surface area contributed by atoms with Gasteiger partial charge in [0.25, 0.3) is 15.9 Å². The third kappa shape index (κ3) is 3.94. The molecule has 1 aliphatic rings. The van der Waals surface area contributed by atoms with Gasteiger partial charge in [-0.25, -0.2) is 8.42 Å². The first-order chi connectivity index (χ1) is 12.0. The lowest BCUT2D eigenvalue weighted by Crippen LogP contribution is -2.24. The van der Waals surface area contributed by atoms with Gasteiger partial charge in [-0.2, -0.15) is 0 Å². The molecular formula is C16H16N2O6S. The number of hydrogen-bond donors (Lipinski definition) is 2. The number of anilines is 1. The highest BCUT2D eigenvalue weighted by atomic mass is 32.2. The molecule has 1 aliphatic heterocycles. The monoisotopic (exact) mass is 364 g/mol. The van der Waals surface area contributed by atoms with Crippen LogP contribution in [0.25, 0.3) is 0 Å². The van der Waals surface area contributed by atoms with Crippen molar-refractivity contribution in [1.82, 2.24) is 5.32 Å². The summed E-state index contributed by atoms with van der Waals surface area (Å²) >= 11 is 0. The van der Waals surface area contributed by atoms with E-state index in [4.69, 9.17) is 14.2 Å². The number of hydrogen-bond acceptors (Lipinski definition) is 6. The van der Waals surface area contributed by atoms with E-state index in [1.165, 1.54) is 31.3 Å². The van der Waals surface area contributed by atoms with Gasteiger partial charge in [0.15, 0.2) is 18.1 Å². The molecule has 132 valence electrons. The molecule has 0 aliphatic carbocycles. The lowest BCUT2D eigenvalue weighted by molar-refractivity contribution is -0.122. The third-order valence-corrected chi connectivity index (χ3v) is 4.80. The van der Waals surface area contributed by atoms with Crippen LogP contribution in [0, 0.1) is 0 Å². The number of benzene rings is 2. The average molecular weight is 364 g/mol. The number of fused-ring (bicyclic) bond motifs is 1. The van der Waals surface area contributed by atoms with Crippen LogP contribution in [0.15, 0.2) is 47.4 Å². The maximum absolute atomic E-state index is 12.4. The molecule has 0 aromatic heterocycles. The fraction of sp³-hybridized carbons (Fsp3) is 0.188. The highest BCUT2D eigenvalue weighted by Gasteiger charge is 2.18. The van der Waals surface area contributed by atoms with E-state index in [1.54, 1.807) is 18.2 Å². The smallest absolute Gasteiger partial charge is 0.261 e. The maximum atomic E-state index is 12.4. The van der Waals surface area contributed by atoms with E-state index in [0.717, 1.165) is 0 Å². The van der Waals surface area contributed by atoms with Crippen molar-refractivity contribution >= 4 is 21.6 Å².